The van der Waals surface area contributed by atoms with Crippen molar-refractivity contribution in [3.05, 3.63) is 23.5 Å². The van der Waals surface area contributed by atoms with Crippen LogP contribution in [0.2, 0.25) is 0 Å². The van der Waals surface area contributed by atoms with Crippen LogP contribution in [0.1, 0.15) is 44.8 Å². The summed E-state index contributed by atoms with van der Waals surface area (Å²) in [6.07, 6.45) is 7.41. The third-order valence-corrected chi connectivity index (χ3v) is 3.07. The average Bonchev–Trinajstić information content (AvgIpc) is 2.63. The van der Waals surface area contributed by atoms with Gasteiger partial charge in [-0.2, -0.15) is 5.10 Å². The van der Waals surface area contributed by atoms with Crippen molar-refractivity contribution in [1.82, 2.24) is 9.78 Å². The molecule has 15 heavy (non-hydrogen) atoms. The molecule has 1 heterocycles. The molecule has 1 atom stereocenters. The molecule has 0 aliphatic heterocycles. The highest BCUT2D eigenvalue weighted by Gasteiger charge is 2.18. The molecule has 1 aliphatic rings. The second-order valence-electron chi connectivity index (χ2n) is 4.45. The third kappa shape index (κ3) is 2.29. The normalized spacial score (nSPS) is 22.3. The fourth-order valence-electron chi connectivity index (χ4n) is 1.80. The lowest BCUT2D eigenvalue weighted by atomic mass is 9.86. The van der Waals surface area contributed by atoms with E-state index in [4.69, 9.17) is 5.73 Å². The maximum absolute atomic E-state index is 5.73. The van der Waals surface area contributed by atoms with E-state index < -0.39 is 0 Å². The smallest absolute Gasteiger partial charge is 0.0850 e. The van der Waals surface area contributed by atoms with Crippen LogP contribution in [-0.4, -0.2) is 15.8 Å². The predicted octanol–water partition coefficient (Wildman–Crippen LogP) is 2.36. The van der Waals surface area contributed by atoms with Crippen LogP contribution < -0.4 is 5.73 Å². The van der Waals surface area contributed by atoms with Crippen LogP contribution in [-0.2, 0) is 0 Å². The Morgan fingerprint density at radius 3 is 3.00 bits per heavy atom. The molecule has 0 saturated heterocycles. The predicted molar refractivity (Wildman–Crippen MR) is 62.4 cm³/mol. The van der Waals surface area contributed by atoms with Crippen molar-refractivity contribution < 1.29 is 0 Å². The van der Waals surface area contributed by atoms with Crippen molar-refractivity contribution in [2.24, 2.45) is 5.73 Å². The maximum Gasteiger partial charge on any atom is 0.0850 e. The van der Waals surface area contributed by atoms with Gasteiger partial charge >= 0.3 is 0 Å². The molecule has 1 saturated carbocycles. The molecule has 82 valence electrons. The Morgan fingerprint density at radius 2 is 2.40 bits per heavy atom. The highest BCUT2D eigenvalue weighted by Crippen LogP contribution is 2.26. The van der Waals surface area contributed by atoms with Gasteiger partial charge in [0, 0.05) is 18.3 Å². The molecule has 0 aromatic carbocycles. The molecule has 1 aromatic heterocycles. The summed E-state index contributed by atoms with van der Waals surface area (Å²) >= 11 is 0. The number of hydrogen-bond acceptors (Lipinski definition) is 2. The van der Waals surface area contributed by atoms with Crippen LogP contribution in [0.25, 0.3) is 6.08 Å². The first-order valence-electron chi connectivity index (χ1n) is 5.69. The van der Waals surface area contributed by atoms with E-state index >= 15 is 0 Å². The van der Waals surface area contributed by atoms with Crippen LogP contribution in [0.5, 0.6) is 0 Å². The van der Waals surface area contributed by atoms with E-state index in [1.807, 2.05) is 4.68 Å². The highest BCUT2D eigenvalue weighted by atomic mass is 15.3. The van der Waals surface area contributed by atoms with Crippen LogP contribution in [0.3, 0.4) is 0 Å². The monoisotopic (exact) mass is 205 g/mol. The molecule has 0 spiro atoms. The van der Waals surface area contributed by atoms with Crippen molar-refractivity contribution in [2.45, 2.75) is 45.2 Å². The molecular formula is C12H19N3. The Bertz CT molecular complexity index is 357. The maximum atomic E-state index is 5.73. The summed E-state index contributed by atoms with van der Waals surface area (Å²) in [5, 5.41) is 4.53. The summed E-state index contributed by atoms with van der Waals surface area (Å²) in [4.78, 5) is 0. The summed E-state index contributed by atoms with van der Waals surface area (Å²) in [7, 11) is 0. The van der Waals surface area contributed by atoms with Gasteiger partial charge in [-0.3, -0.25) is 4.68 Å². The Balaban J connectivity index is 2.04. The fourth-order valence-corrected chi connectivity index (χ4v) is 1.80. The van der Waals surface area contributed by atoms with Crippen molar-refractivity contribution in [3.63, 3.8) is 0 Å². The van der Waals surface area contributed by atoms with E-state index in [9.17, 15) is 0 Å². The SMILES string of the molecule is CCC(C)n1ccc(C=C2CC(N)C2)n1. The van der Waals surface area contributed by atoms with Crippen molar-refractivity contribution in [3.8, 4) is 0 Å². The molecule has 2 rings (SSSR count). The van der Waals surface area contributed by atoms with Crippen molar-refractivity contribution in [1.29, 1.82) is 0 Å². The van der Waals surface area contributed by atoms with Gasteiger partial charge in [0.25, 0.3) is 0 Å². The minimum Gasteiger partial charge on any atom is -0.327 e. The number of nitrogens with zero attached hydrogens (tertiary/aromatic N) is 2. The topological polar surface area (TPSA) is 43.8 Å². The highest BCUT2D eigenvalue weighted by molar-refractivity contribution is 5.50. The number of hydrogen-bond donors (Lipinski definition) is 1. The van der Waals surface area contributed by atoms with E-state index in [1.165, 1.54) is 5.57 Å². The summed E-state index contributed by atoms with van der Waals surface area (Å²) in [5.74, 6) is 0. The first kappa shape index (κ1) is 10.4. The van der Waals surface area contributed by atoms with Crippen LogP contribution >= 0.6 is 0 Å². The van der Waals surface area contributed by atoms with Gasteiger partial charge in [0.1, 0.15) is 0 Å². The quantitative estimate of drug-likeness (QED) is 0.823. The lowest BCUT2D eigenvalue weighted by molar-refractivity contribution is 0.477. The summed E-state index contributed by atoms with van der Waals surface area (Å²) in [5.41, 5.74) is 8.23. The Labute approximate surface area is 91.0 Å². The zero-order chi connectivity index (χ0) is 10.8. The Kier molecular flexibility index (Phi) is 2.91. The molecule has 1 aromatic rings. The molecule has 0 amide bonds. The first-order chi connectivity index (χ1) is 7.19. The summed E-state index contributed by atoms with van der Waals surface area (Å²) in [6, 6.07) is 2.94. The third-order valence-electron chi connectivity index (χ3n) is 3.07. The summed E-state index contributed by atoms with van der Waals surface area (Å²) in [6.45, 7) is 4.36. The molecular weight excluding hydrogens is 186 g/mol. The van der Waals surface area contributed by atoms with Gasteiger partial charge in [0.15, 0.2) is 0 Å². The second-order valence-corrected chi connectivity index (χ2v) is 4.45. The molecule has 2 N–H and O–H groups in total. The largest absolute Gasteiger partial charge is 0.327 e. The van der Waals surface area contributed by atoms with Gasteiger partial charge in [0.05, 0.1) is 5.69 Å². The van der Waals surface area contributed by atoms with E-state index in [1.54, 1.807) is 0 Å². The van der Waals surface area contributed by atoms with E-state index in [2.05, 4.69) is 37.3 Å². The van der Waals surface area contributed by atoms with Crippen molar-refractivity contribution >= 4 is 6.08 Å². The van der Waals surface area contributed by atoms with Crippen LogP contribution in [0.4, 0.5) is 0 Å². The second kappa shape index (κ2) is 4.19. The molecule has 3 heteroatoms. The molecule has 0 radical (unpaired) electrons. The Hall–Kier alpha value is -1.09. The zero-order valence-corrected chi connectivity index (χ0v) is 9.48. The molecule has 1 aliphatic carbocycles. The molecule has 0 bridgehead atoms. The Morgan fingerprint density at radius 1 is 1.67 bits per heavy atom. The summed E-state index contributed by atoms with van der Waals surface area (Å²) < 4.78 is 2.03. The lowest BCUT2D eigenvalue weighted by Crippen LogP contribution is -2.29. The lowest BCUT2D eigenvalue weighted by Gasteiger charge is -2.24. The van der Waals surface area contributed by atoms with E-state index in [0.29, 0.717) is 12.1 Å². The van der Waals surface area contributed by atoms with Gasteiger partial charge in [-0.1, -0.05) is 12.5 Å². The minimum atomic E-state index is 0.382. The van der Waals surface area contributed by atoms with Crippen LogP contribution in [0, 0.1) is 0 Å². The zero-order valence-electron chi connectivity index (χ0n) is 9.48. The number of nitrogens with two attached hydrogens (primary N) is 1. The fraction of sp³-hybridized carbons (Fsp3) is 0.583. The van der Waals surface area contributed by atoms with Gasteiger partial charge < -0.3 is 5.73 Å². The average molecular weight is 205 g/mol. The van der Waals surface area contributed by atoms with Gasteiger partial charge in [-0.25, -0.2) is 0 Å². The van der Waals surface area contributed by atoms with E-state index in [0.717, 1.165) is 25.0 Å². The number of aromatic nitrogens is 2. The van der Waals surface area contributed by atoms with Crippen LogP contribution in [0.15, 0.2) is 17.8 Å². The standard InChI is InChI=1S/C12H19N3/c1-3-9(2)15-5-4-12(14-15)8-10-6-11(13)7-10/h4-5,8-9,11H,3,6-7,13H2,1-2H3. The minimum absolute atomic E-state index is 0.382. The van der Waals surface area contributed by atoms with Crippen molar-refractivity contribution in [2.75, 3.05) is 0 Å². The van der Waals surface area contributed by atoms with Gasteiger partial charge in [-0.05, 0) is 38.3 Å². The van der Waals surface area contributed by atoms with Gasteiger partial charge in [0.2, 0.25) is 0 Å². The molecule has 1 fully saturated rings. The first-order valence-corrected chi connectivity index (χ1v) is 5.69. The number of rotatable bonds is 3. The van der Waals surface area contributed by atoms with Gasteiger partial charge in [-0.15, -0.1) is 0 Å². The molecule has 3 nitrogen and oxygen atoms in total. The van der Waals surface area contributed by atoms with E-state index in [-0.39, 0.29) is 0 Å². The molecule has 1 unspecified atom stereocenters.